The number of allylic oxidation sites excluding steroid dienone is 1. The van der Waals surface area contributed by atoms with Crippen LogP contribution in [-0.2, 0) is 4.74 Å². The van der Waals surface area contributed by atoms with E-state index in [1.54, 1.807) is 0 Å². The predicted molar refractivity (Wildman–Crippen MR) is 31.7 cm³/mol. The van der Waals surface area contributed by atoms with E-state index in [-0.39, 0.29) is 6.61 Å². The Morgan fingerprint density at radius 3 is 2.30 bits per heavy atom. The van der Waals surface area contributed by atoms with E-state index in [0.717, 1.165) is 6.08 Å². The van der Waals surface area contributed by atoms with Crippen molar-refractivity contribution in [2.24, 2.45) is 0 Å². The Morgan fingerprint density at radius 2 is 1.90 bits per heavy atom. The van der Waals surface area contributed by atoms with Gasteiger partial charge in [-0.2, -0.15) is 13.2 Å². The van der Waals surface area contributed by atoms with Crippen molar-refractivity contribution in [1.82, 2.24) is 0 Å². The normalized spacial score (nSPS) is 12.8. The quantitative estimate of drug-likeness (QED) is 0.566. The van der Waals surface area contributed by atoms with E-state index in [1.165, 1.54) is 13.2 Å². The van der Waals surface area contributed by atoms with Gasteiger partial charge in [0.15, 0.2) is 0 Å². The summed E-state index contributed by atoms with van der Waals surface area (Å²) in [6.07, 6.45) is -2.59. The summed E-state index contributed by atoms with van der Waals surface area (Å²) in [6.45, 7) is 0.232. The summed E-state index contributed by atoms with van der Waals surface area (Å²) in [4.78, 5) is 0. The van der Waals surface area contributed by atoms with E-state index in [0.29, 0.717) is 0 Å². The monoisotopic (exact) mass is 154 g/mol. The molecule has 0 fully saturated rings. The molecule has 0 rings (SSSR count). The van der Waals surface area contributed by atoms with Crippen LogP contribution in [0, 0.1) is 0 Å². The molecule has 0 radical (unpaired) electrons. The first-order valence-corrected chi connectivity index (χ1v) is 2.77. The van der Waals surface area contributed by atoms with Crippen molar-refractivity contribution in [3.05, 3.63) is 12.2 Å². The third-order valence-electron chi connectivity index (χ3n) is 0.779. The average molecular weight is 154 g/mol. The van der Waals surface area contributed by atoms with Gasteiger partial charge >= 0.3 is 6.18 Å². The molecule has 0 spiro atoms. The Labute approximate surface area is 57.5 Å². The first kappa shape index (κ1) is 9.49. The van der Waals surface area contributed by atoms with Crippen molar-refractivity contribution < 1.29 is 17.9 Å². The zero-order valence-corrected chi connectivity index (χ0v) is 5.61. The van der Waals surface area contributed by atoms with Gasteiger partial charge in [-0.1, -0.05) is 12.2 Å². The van der Waals surface area contributed by atoms with Gasteiger partial charge in [-0.25, -0.2) is 0 Å². The zero-order valence-electron chi connectivity index (χ0n) is 5.61. The lowest BCUT2D eigenvalue weighted by Crippen LogP contribution is -2.04. The molecular weight excluding hydrogens is 145 g/mol. The van der Waals surface area contributed by atoms with Crippen LogP contribution >= 0.6 is 0 Å². The second-order valence-electron chi connectivity index (χ2n) is 1.75. The van der Waals surface area contributed by atoms with Gasteiger partial charge in [-0.15, -0.1) is 0 Å². The highest BCUT2D eigenvalue weighted by atomic mass is 19.4. The Hall–Kier alpha value is -0.510. The molecule has 0 atom stereocenters. The van der Waals surface area contributed by atoms with Crippen LogP contribution < -0.4 is 0 Å². The predicted octanol–water partition coefficient (Wildman–Crippen LogP) is 2.14. The smallest absolute Gasteiger partial charge is 0.381 e. The first-order chi connectivity index (χ1) is 4.56. The molecule has 4 heteroatoms. The molecule has 0 bridgehead atoms. The zero-order chi connectivity index (χ0) is 8.04. The van der Waals surface area contributed by atoms with Crippen LogP contribution in [0.4, 0.5) is 13.2 Å². The topological polar surface area (TPSA) is 9.23 Å². The second-order valence-corrected chi connectivity index (χ2v) is 1.75. The summed E-state index contributed by atoms with van der Waals surface area (Å²) in [6, 6.07) is 0. The van der Waals surface area contributed by atoms with Gasteiger partial charge in [0.1, 0.15) is 0 Å². The maximum Gasteiger partial charge on any atom is 0.392 e. The Morgan fingerprint density at radius 1 is 1.30 bits per heavy atom. The molecule has 0 aliphatic rings. The van der Waals surface area contributed by atoms with Crippen LogP contribution in [0.1, 0.15) is 6.42 Å². The molecule has 0 aromatic heterocycles. The molecule has 10 heavy (non-hydrogen) atoms. The van der Waals surface area contributed by atoms with Gasteiger partial charge in [-0.3, -0.25) is 0 Å². The van der Waals surface area contributed by atoms with Crippen molar-refractivity contribution in [3.63, 3.8) is 0 Å². The Bertz CT molecular complexity index is 106. The SMILES string of the molecule is COC/C=C\CC(F)(F)F. The number of alkyl halides is 3. The number of rotatable bonds is 3. The lowest BCUT2D eigenvalue weighted by Gasteiger charge is -1.99. The molecule has 0 heterocycles. The summed E-state index contributed by atoms with van der Waals surface area (Å²) >= 11 is 0. The third-order valence-corrected chi connectivity index (χ3v) is 0.779. The van der Waals surface area contributed by atoms with Crippen LogP contribution in [0.5, 0.6) is 0 Å². The minimum Gasteiger partial charge on any atom is -0.381 e. The number of halogens is 3. The van der Waals surface area contributed by atoms with Gasteiger partial charge < -0.3 is 4.74 Å². The van der Waals surface area contributed by atoms with E-state index in [1.807, 2.05) is 0 Å². The fourth-order valence-corrected chi connectivity index (χ4v) is 0.381. The standard InChI is InChI=1S/C6H9F3O/c1-10-5-3-2-4-6(7,8)9/h2-3H,4-5H2,1H3/b3-2-. The summed E-state index contributed by atoms with van der Waals surface area (Å²) in [7, 11) is 1.43. The van der Waals surface area contributed by atoms with Gasteiger partial charge in [0.25, 0.3) is 0 Å². The van der Waals surface area contributed by atoms with Crippen LogP contribution in [0.3, 0.4) is 0 Å². The summed E-state index contributed by atoms with van der Waals surface area (Å²) < 4.78 is 38.7. The molecule has 0 saturated heterocycles. The number of hydrogen-bond donors (Lipinski definition) is 0. The average Bonchev–Trinajstić information content (AvgIpc) is 1.78. The molecule has 0 N–H and O–H groups in total. The first-order valence-electron chi connectivity index (χ1n) is 2.77. The molecule has 0 amide bonds. The number of methoxy groups -OCH3 is 1. The highest BCUT2D eigenvalue weighted by Gasteiger charge is 2.24. The molecular formula is C6H9F3O. The maximum absolute atomic E-state index is 11.4. The fourth-order valence-electron chi connectivity index (χ4n) is 0.381. The van der Waals surface area contributed by atoms with Crippen molar-refractivity contribution >= 4 is 0 Å². The van der Waals surface area contributed by atoms with Crippen LogP contribution in [0.25, 0.3) is 0 Å². The van der Waals surface area contributed by atoms with Crippen LogP contribution in [0.15, 0.2) is 12.2 Å². The van der Waals surface area contributed by atoms with Gasteiger partial charge in [0.2, 0.25) is 0 Å². The molecule has 0 aromatic carbocycles. The lowest BCUT2D eigenvalue weighted by atomic mass is 10.4. The molecule has 0 saturated carbocycles. The van der Waals surface area contributed by atoms with Gasteiger partial charge in [0.05, 0.1) is 13.0 Å². The fraction of sp³-hybridized carbons (Fsp3) is 0.667. The molecule has 0 aliphatic heterocycles. The maximum atomic E-state index is 11.4. The Kier molecular flexibility index (Phi) is 4.11. The second kappa shape index (κ2) is 4.33. The number of hydrogen-bond acceptors (Lipinski definition) is 1. The van der Waals surface area contributed by atoms with Crippen molar-refractivity contribution in [1.29, 1.82) is 0 Å². The highest BCUT2D eigenvalue weighted by molar-refractivity contribution is 4.83. The van der Waals surface area contributed by atoms with Gasteiger partial charge in [0, 0.05) is 7.11 Å². The largest absolute Gasteiger partial charge is 0.392 e. The summed E-state index contributed by atoms with van der Waals surface area (Å²) in [5.74, 6) is 0. The van der Waals surface area contributed by atoms with E-state index in [2.05, 4.69) is 4.74 Å². The molecule has 1 nitrogen and oxygen atoms in total. The van der Waals surface area contributed by atoms with E-state index < -0.39 is 12.6 Å². The minimum absolute atomic E-state index is 0.232. The summed E-state index contributed by atoms with van der Waals surface area (Å²) in [5, 5.41) is 0. The summed E-state index contributed by atoms with van der Waals surface area (Å²) in [5.41, 5.74) is 0. The van der Waals surface area contributed by atoms with E-state index >= 15 is 0 Å². The highest BCUT2D eigenvalue weighted by Crippen LogP contribution is 2.19. The van der Waals surface area contributed by atoms with E-state index in [9.17, 15) is 13.2 Å². The van der Waals surface area contributed by atoms with E-state index in [4.69, 9.17) is 0 Å². The van der Waals surface area contributed by atoms with Crippen LogP contribution in [0.2, 0.25) is 0 Å². The lowest BCUT2D eigenvalue weighted by molar-refractivity contribution is -0.125. The molecule has 0 unspecified atom stereocenters. The minimum atomic E-state index is -4.09. The van der Waals surface area contributed by atoms with Crippen molar-refractivity contribution in [2.45, 2.75) is 12.6 Å². The van der Waals surface area contributed by atoms with Crippen molar-refractivity contribution in [3.8, 4) is 0 Å². The number of ether oxygens (including phenoxy) is 1. The third kappa shape index (κ3) is 7.49. The Balaban J connectivity index is 3.34. The van der Waals surface area contributed by atoms with Crippen molar-refractivity contribution in [2.75, 3.05) is 13.7 Å². The van der Waals surface area contributed by atoms with Crippen LogP contribution in [-0.4, -0.2) is 19.9 Å². The molecule has 60 valence electrons. The molecule has 0 aromatic rings. The molecule has 0 aliphatic carbocycles. The van der Waals surface area contributed by atoms with Gasteiger partial charge in [-0.05, 0) is 0 Å².